The van der Waals surface area contributed by atoms with Crippen LogP contribution in [0.15, 0.2) is 65.7 Å². The predicted molar refractivity (Wildman–Crippen MR) is 76.5 cm³/mol. The van der Waals surface area contributed by atoms with Crippen molar-refractivity contribution in [1.82, 2.24) is 9.38 Å². The first-order chi connectivity index (χ1) is 9.36. The van der Waals surface area contributed by atoms with Crippen molar-refractivity contribution in [1.29, 1.82) is 0 Å². The minimum Gasteiger partial charge on any atom is -0.299 e. The van der Waals surface area contributed by atoms with Gasteiger partial charge in [0.25, 0.3) is 0 Å². The molecule has 90 valence electrons. The van der Waals surface area contributed by atoms with Crippen LogP contribution < -0.4 is 5.43 Å². The van der Waals surface area contributed by atoms with E-state index in [1.54, 1.807) is 6.20 Å². The summed E-state index contributed by atoms with van der Waals surface area (Å²) in [5, 5.41) is 2.31. The third-order valence-electron chi connectivity index (χ3n) is 3.46. The number of imidazole rings is 1. The molecule has 0 saturated carbocycles. The summed E-state index contributed by atoms with van der Waals surface area (Å²) in [4.78, 5) is 17.1. The Morgan fingerprint density at radius 3 is 2.37 bits per heavy atom. The molecule has 0 fully saturated rings. The number of aromatic nitrogens is 2. The van der Waals surface area contributed by atoms with E-state index < -0.39 is 0 Å². The van der Waals surface area contributed by atoms with E-state index in [0.717, 1.165) is 16.6 Å². The minimum absolute atomic E-state index is 0.0525. The molecule has 0 aliphatic rings. The van der Waals surface area contributed by atoms with Crippen molar-refractivity contribution >= 4 is 27.3 Å². The Kier molecular flexibility index (Phi) is 1.97. The third kappa shape index (κ3) is 1.32. The molecule has 4 aromatic rings. The molecule has 2 aromatic heterocycles. The molecule has 0 amide bonds. The number of fused-ring (bicyclic) bond motifs is 5. The lowest BCUT2D eigenvalue weighted by molar-refractivity contribution is 1.28. The molecule has 3 heteroatoms. The van der Waals surface area contributed by atoms with Gasteiger partial charge in [-0.1, -0.05) is 36.4 Å². The number of hydrogen-bond acceptors (Lipinski definition) is 2. The molecule has 0 atom stereocenters. The van der Waals surface area contributed by atoms with Crippen molar-refractivity contribution in [3.8, 4) is 0 Å². The Bertz CT molecular complexity index is 909. The summed E-state index contributed by atoms with van der Waals surface area (Å²) in [6, 6.07) is 15.3. The van der Waals surface area contributed by atoms with Gasteiger partial charge in [0.2, 0.25) is 0 Å². The van der Waals surface area contributed by atoms with Gasteiger partial charge < -0.3 is 0 Å². The van der Waals surface area contributed by atoms with Crippen LogP contribution in [0, 0.1) is 0 Å². The van der Waals surface area contributed by atoms with E-state index in [0.29, 0.717) is 10.8 Å². The van der Waals surface area contributed by atoms with Crippen molar-refractivity contribution in [2.24, 2.45) is 0 Å². The molecule has 4 rings (SSSR count). The maximum Gasteiger partial charge on any atom is 0.195 e. The maximum atomic E-state index is 12.7. The highest BCUT2D eigenvalue weighted by atomic mass is 16.1. The van der Waals surface area contributed by atoms with E-state index in [9.17, 15) is 4.79 Å². The second-order valence-electron chi connectivity index (χ2n) is 4.51. The van der Waals surface area contributed by atoms with Gasteiger partial charge in [0, 0.05) is 28.6 Å². The van der Waals surface area contributed by atoms with Crippen LogP contribution in [0.5, 0.6) is 0 Å². The fourth-order valence-corrected chi connectivity index (χ4v) is 2.59. The highest BCUT2D eigenvalue weighted by molar-refractivity contribution is 5.99. The molecule has 19 heavy (non-hydrogen) atoms. The molecule has 0 aliphatic carbocycles. The second kappa shape index (κ2) is 3.65. The van der Waals surface area contributed by atoms with Crippen LogP contribution in [0.1, 0.15) is 0 Å². The molecule has 0 saturated heterocycles. The second-order valence-corrected chi connectivity index (χ2v) is 4.51. The summed E-state index contributed by atoms with van der Waals surface area (Å²) >= 11 is 0. The standard InChI is InChI=1S/C16H10N2O/c19-15-11-5-1-2-6-12(11)16-17-9-10-18(16)14-8-4-3-7-13(14)15/h1-10H. The van der Waals surface area contributed by atoms with Crippen LogP contribution in [0.4, 0.5) is 0 Å². The molecule has 3 nitrogen and oxygen atoms in total. The first kappa shape index (κ1) is 10.3. The number of para-hydroxylation sites is 1. The first-order valence-electron chi connectivity index (χ1n) is 6.13. The zero-order chi connectivity index (χ0) is 12.8. The van der Waals surface area contributed by atoms with Gasteiger partial charge in [-0.3, -0.25) is 9.20 Å². The van der Waals surface area contributed by atoms with Gasteiger partial charge in [-0.05, 0) is 12.1 Å². The molecule has 0 bridgehead atoms. The lowest BCUT2D eigenvalue weighted by atomic mass is 10.1. The van der Waals surface area contributed by atoms with Gasteiger partial charge >= 0.3 is 0 Å². The van der Waals surface area contributed by atoms with Crippen LogP contribution in [-0.2, 0) is 0 Å². The SMILES string of the molecule is O=c1c2ccccc2c2nccn2c2ccccc12. The number of nitrogens with zero attached hydrogens (tertiary/aromatic N) is 2. The van der Waals surface area contributed by atoms with Gasteiger partial charge in [0.15, 0.2) is 5.43 Å². The highest BCUT2D eigenvalue weighted by Crippen LogP contribution is 2.19. The topological polar surface area (TPSA) is 34.4 Å². The smallest absolute Gasteiger partial charge is 0.195 e. The zero-order valence-corrected chi connectivity index (χ0v) is 10.1. The summed E-state index contributed by atoms with van der Waals surface area (Å²) in [5.74, 6) is 0. The largest absolute Gasteiger partial charge is 0.299 e. The Morgan fingerprint density at radius 1 is 0.842 bits per heavy atom. The van der Waals surface area contributed by atoms with Crippen LogP contribution >= 0.6 is 0 Å². The van der Waals surface area contributed by atoms with Gasteiger partial charge in [0.1, 0.15) is 5.65 Å². The van der Waals surface area contributed by atoms with Gasteiger partial charge in [-0.15, -0.1) is 0 Å². The fourth-order valence-electron chi connectivity index (χ4n) is 2.59. The lowest BCUT2D eigenvalue weighted by Gasteiger charge is -1.94. The Hall–Kier alpha value is -2.68. The maximum absolute atomic E-state index is 12.7. The minimum atomic E-state index is 0.0525. The van der Waals surface area contributed by atoms with Crippen molar-refractivity contribution < 1.29 is 0 Å². The zero-order valence-electron chi connectivity index (χ0n) is 10.1. The Balaban J connectivity index is 2.55. The van der Waals surface area contributed by atoms with Crippen LogP contribution in [0.3, 0.4) is 0 Å². The third-order valence-corrected chi connectivity index (χ3v) is 3.46. The summed E-state index contributed by atoms with van der Waals surface area (Å²) in [7, 11) is 0. The molecule has 2 aromatic carbocycles. The van der Waals surface area contributed by atoms with Gasteiger partial charge in [-0.2, -0.15) is 0 Å². The molecule has 0 N–H and O–H groups in total. The van der Waals surface area contributed by atoms with Gasteiger partial charge in [0.05, 0.1) is 5.52 Å². The fraction of sp³-hybridized carbons (Fsp3) is 0. The van der Waals surface area contributed by atoms with Crippen LogP contribution in [0.2, 0.25) is 0 Å². The number of hydrogen-bond donors (Lipinski definition) is 0. The monoisotopic (exact) mass is 246 g/mol. The van der Waals surface area contributed by atoms with E-state index in [-0.39, 0.29) is 5.43 Å². The summed E-state index contributed by atoms with van der Waals surface area (Å²) in [6.07, 6.45) is 3.65. The van der Waals surface area contributed by atoms with Crippen molar-refractivity contribution in [3.05, 3.63) is 71.1 Å². The quantitative estimate of drug-likeness (QED) is 0.478. The Labute approximate surface area is 108 Å². The average Bonchev–Trinajstić information content (AvgIpc) is 2.92. The lowest BCUT2D eigenvalue weighted by Crippen LogP contribution is -1.98. The molecule has 0 aliphatic heterocycles. The van der Waals surface area contributed by atoms with E-state index >= 15 is 0 Å². The number of rotatable bonds is 0. The molecule has 0 radical (unpaired) electrons. The first-order valence-corrected chi connectivity index (χ1v) is 6.13. The molecular formula is C16H10N2O. The van der Waals surface area contributed by atoms with E-state index in [1.807, 2.05) is 59.1 Å². The van der Waals surface area contributed by atoms with Crippen molar-refractivity contribution in [2.45, 2.75) is 0 Å². The molecular weight excluding hydrogens is 236 g/mol. The van der Waals surface area contributed by atoms with Crippen LogP contribution in [-0.4, -0.2) is 9.38 Å². The Morgan fingerprint density at radius 2 is 1.53 bits per heavy atom. The van der Waals surface area contributed by atoms with E-state index in [4.69, 9.17) is 0 Å². The van der Waals surface area contributed by atoms with Crippen molar-refractivity contribution in [2.75, 3.05) is 0 Å². The summed E-state index contributed by atoms with van der Waals surface area (Å²) < 4.78 is 1.97. The number of benzene rings is 2. The molecule has 0 unspecified atom stereocenters. The molecule has 0 spiro atoms. The van der Waals surface area contributed by atoms with E-state index in [1.165, 1.54) is 0 Å². The highest BCUT2D eigenvalue weighted by Gasteiger charge is 2.08. The van der Waals surface area contributed by atoms with Crippen LogP contribution in [0.25, 0.3) is 27.3 Å². The average molecular weight is 246 g/mol. The predicted octanol–water partition coefficient (Wildman–Crippen LogP) is 3.00. The van der Waals surface area contributed by atoms with E-state index in [2.05, 4.69) is 4.98 Å². The normalized spacial score (nSPS) is 11.4. The van der Waals surface area contributed by atoms with Crippen molar-refractivity contribution in [3.63, 3.8) is 0 Å². The summed E-state index contributed by atoms with van der Waals surface area (Å²) in [5.41, 5.74) is 1.75. The molecule has 2 heterocycles. The van der Waals surface area contributed by atoms with Gasteiger partial charge in [-0.25, -0.2) is 4.98 Å². The summed E-state index contributed by atoms with van der Waals surface area (Å²) in [6.45, 7) is 0.